The summed E-state index contributed by atoms with van der Waals surface area (Å²) in [6, 6.07) is 7.11. The molecule has 0 aliphatic carbocycles. The van der Waals surface area contributed by atoms with Gasteiger partial charge in [-0.2, -0.15) is 0 Å². The fraction of sp³-hybridized carbons (Fsp3) is 0.500. The third-order valence-electron chi connectivity index (χ3n) is 2.42. The largest absolute Gasteiger partial charge is 0.491 e. The Morgan fingerprint density at radius 1 is 1.00 bits per heavy atom. The third-order valence-corrected chi connectivity index (χ3v) is 2.42. The van der Waals surface area contributed by atoms with Crippen LogP contribution in [0.2, 0.25) is 0 Å². The number of nitrogens with one attached hydrogen (secondary N) is 1. The van der Waals surface area contributed by atoms with Gasteiger partial charge in [0, 0.05) is 5.56 Å². The highest BCUT2D eigenvalue weighted by Crippen LogP contribution is 2.12. The van der Waals surface area contributed by atoms with Crippen molar-refractivity contribution in [3.05, 3.63) is 29.8 Å². The van der Waals surface area contributed by atoms with E-state index in [1.54, 1.807) is 24.3 Å². The van der Waals surface area contributed by atoms with Crippen LogP contribution in [0.4, 0.5) is 0 Å². The van der Waals surface area contributed by atoms with E-state index < -0.39 is 0 Å². The molecule has 6 heteroatoms. The molecule has 0 unspecified atom stereocenters. The molecule has 0 spiro atoms. The van der Waals surface area contributed by atoms with E-state index in [1.165, 1.54) is 7.11 Å². The average molecular weight is 283 g/mol. The van der Waals surface area contributed by atoms with Crippen LogP contribution in [0, 0.1) is 5.41 Å². The van der Waals surface area contributed by atoms with Crippen LogP contribution in [0.1, 0.15) is 5.56 Å². The Hall–Kier alpha value is -1.63. The Balaban J connectivity index is 2.11. The van der Waals surface area contributed by atoms with Crippen molar-refractivity contribution in [1.29, 1.82) is 5.41 Å². The summed E-state index contributed by atoms with van der Waals surface area (Å²) >= 11 is 0. The summed E-state index contributed by atoms with van der Waals surface area (Å²) in [4.78, 5) is 0. The molecule has 0 heterocycles. The Bertz CT molecular complexity index is 380. The number of hydrogen-bond donors (Lipinski definition) is 2. The summed E-state index contributed by atoms with van der Waals surface area (Å²) in [5.74, 6) is 0.848. The van der Waals surface area contributed by atoms with E-state index >= 15 is 0 Å². The molecule has 0 saturated carbocycles. The smallest absolute Gasteiger partial charge is 0.212 e. The Morgan fingerprint density at radius 2 is 1.60 bits per heavy atom. The maximum atomic E-state index is 8.50. The molecule has 6 nitrogen and oxygen atoms in total. The molecule has 0 bridgehead atoms. The molecule has 1 aromatic rings. The Labute approximate surface area is 118 Å². The minimum Gasteiger partial charge on any atom is -0.491 e. The minimum absolute atomic E-state index is 0.0274. The second kappa shape index (κ2) is 10.2. The van der Waals surface area contributed by atoms with Gasteiger partial charge in [-0.3, -0.25) is 5.41 Å². The molecule has 1 rings (SSSR count). The molecule has 1 aromatic carbocycles. The van der Waals surface area contributed by atoms with Gasteiger partial charge in [0.1, 0.15) is 12.4 Å². The SMILES string of the molecule is COC(=N)c1ccc(OCCOCCOCCO)cc1. The molecule has 0 radical (unpaired) electrons. The lowest BCUT2D eigenvalue weighted by molar-refractivity contribution is 0.0247. The lowest BCUT2D eigenvalue weighted by Gasteiger charge is -2.08. The fourth-order valence-electron chi connectivity index (χ4n) is 1.43. The lowest BCUT2D eigenvalue weighted by atomic mass is 10.2. The molecular weight excluding hydrogens is 262 g/mol. The van der Waals surface area contributed by atoms with Crippen LogP contribution in [0.25, 0.3) is 0 Å². The first-order valence-electron chi connectivity index (χ1n) is 6.40. The van der Waals surface area contributed by atoms with Crippen molar-refractivity contribution in [2.45, 2.75) is 0 Å². The maximum absolute atomic E-state index is 8.50. The number of hydrogen-bond acceptors (Lipinski definition) is 6. The summed E-state index contributed by atoms with van der Waals surface area (Å²) in [6.07, 6.45) is 0. The predicted octanol–water partition coefficient (Wildman–Crippen LogP) is 1.06. The molecule has 0 aliphatic heterocycles. The molecule has 2 N–H and O–H groups in total. The van der Waals surface area contributed by atoms with Crippen LogP contribution >= 0.6 is 0 Å². The van der Waals surface area contributed by atoms with Crippen LogP contribution in [0.5, 0.6) is 5.75 Å². The summed E-state index contributed by atoms with van der Waals surface area (Å²) in [5.41, 5.74) is 0.706. The summed E-state index contributed by atoms with van der Waals surface area (Å²) in [5, 5.41) is 16.0. The highest BCUT2D eigenvalue weighted by Gasteiger charge is 2.01. The number of ether oxygens (including phenoxy) is 4. The van der Waals surface area contributed by atoms with Crippen molar-refractivity contribution in [2.24, 2.45) is 0 Å². The predicted molar refractivity (Wildman–Crippen MR) is 74.5 cm³/mol. The van der Waals surface area contributed by atoms with Crippen LogP contribution < -0.4 is 4.74 Å². The topological polar surface area (TPSA) is 81.0 Å². The quantitative estimate of drug-likeness (QED) is 0.381. The molecular formula is C14H21NO5. The highest BCUT2D eigenvalue weighted by molar-refractivity contribution is 5.91. The first-order valence-corrected chi connectivity index (χ1v) is 6.40. The molecule has 0 atom stereocenters. The average Bonchev–Trinajstić information content (AvgIpc) is 2.50. The number of methoxy groups -OCH3 is 1. The van der Waals surface area contributed by atoms with Gasteiger partial charge in [-0.15, -0.1) is 0 Å². The van der Waals surface area contributed by atoms with Crippen molar-refractivity contribution in [3.8, 4) is 5.75 Å². The number of benzene rings is 1. The Kier molecular flexibility index (Phi) is 8.37. The zero-order valence-corrected chi connectivity index (χ0v) is 11.6. The summed E-state index contributed by atoms with van der Waals surface area (Å²) in [6.45, 7) is 2.23. The van der Waals surface area contributed by atoms with Gasteiger partial charge in [-0.1, -0.05) is 0 Å². The van der Waals surface area contributed by atoms with Gasteiger partial charge in [-0.25, -0.2) is 0 Å². The number of aliphatic hydroxyl groups excluding tert-OH is 1. The molecule has 0 amide bonds. The maximum Gasteiger partial charge on any atom is 0.212 e. The van der Waals surface area contributed by atoms with Gasteiger partial charge < -0.3 is 24.1 Å². The van der Waals surface area contributed by atoms with Crippen LogP contribution in [-0.2, 0) is 14.2 Å². The monoisotopic (exact) mass is 283 g/mol. The second-order valence-electron chi connectivity index (χ2n) is 3.85. The van der Waals surface area contributed by atoms with Crippen LogP contribution in [0.15, 0.2) is 24.3 Å². The number of aliphatic hydroxyl groups is 1. The lowest BCUT2D eigenvalue weighted by Crippen LogP contribution is -2.12. The van der Waals surface area contributed by atoms with Gasteiger partial charge in [0.05, 0.1) is 40.1 Å². The van der Waals surface area contributed by atoms with Gasteiger partial charge in [-0.05, 0) is 24.3 Å². The van der Waals surface area contributed by atoms with E-state index in [0.29, 0.717) is 38.6 Å². The van der Waals surface area contributed by atoms with Gasteiger partial charge in [0.25, 0.3) is 0 Å². The molecule has 0 saturated heterocycles. The van der Waals surface area contributed by atoms with Crippen molar-refractivity contribution < 1.29 is 24.1 Å². The fourth-order valence-corrected chi connectivity index (χ4v) is 1.43. The molecule has 0 aromatic heterocycles. The molecule has 0 aliphatic rings. The summed E-state index contributed by atoms with van der Waals surface area (Å²) < 4.78 is 20.7. The van der Waals surface area contributed by atoms with Crippen LogP contribution in [-0.4, -0.2) is 57.8 Å². The van der Waals surface area contributed by atoms with Crippen LogP contribution in [0.3, 0.4) is 0 Å². The van der Waals surface area contributed by atoms with Gasteiger partial charge >= 0.3 is 0 Å². The zero-order chi connectivity index (χ0) is 14.6. The Morgan fingerprint density at radius 3 is 2.20 bits per heavy atom. The normalized spacial score (nSPS) is 10.3. The highest BCUT2D eigenvalue weighted by atomic mass is 16.5. The third kappa shape index (κ3) is 6.51. The zero-order valence-electron chi connectivity index (χ0n) is 11.6. The standard InChI is InChI=1S/C14H21NO5/c1-17-14(15)12-2-4-13(5-3-12)20-11-10-19-9-8-18-7-6-16/h2-5,15-16H,6-11H2,1H3. The van der Waals surface area contributed by atoms with E-state index in [-0.39, 0.29) is 12.5 Å². The second-order valence-corrected chi connectivity index (χ2v) is 3.85. The van der Waals surface area contributed by atoms with Crippen molar-refractivity contribution in [3.63, 3.8) is 0 Å². The molecule has 20 heavy (non-hydrogen) atoms. The molecule has 0 fully saturated rings. The van der Waals surface area contributed by atoms with Crippen molar-refractivity contribution in [1.82, 2.24) is 0 Å². The van der Waals surface area contributed by atoms with Crippen molar-refractivity contribution in [2.75, 3.05) is 46.8 Å². The van der Waals surface area contributed by atoms with E-state index in [4.69, 9.17) is 29.5 Å². The first kappa shape index (κ1) is 16.4. The molecule has 112 valence electrons. The van der Waals surface area contributed by atoms with E-state index in [1.807, 2.05) is 0 Å². The van der Waals surface area contributed by atoms with E-state index in [2.05, 4.69) is 0 Å². The first-order chi connectivity index (χ1) is 9.77. The number of rotatable bonds is 10. The summed E-state index contributed by atoms with van der Waals surface area (Å²) in [7, 11) is 1.47. The minimum atomic E-state index is 0.0274. The van der Waals surface area contributed by atoms with E-state index in [0.717, 1.165) is 5.75 Å². The van der Waals surface area contributed by atoms with Gasteiger partial charge in [0.2, 0.25) is 5.90 Å². The van der Waals surface area contributed by atoms with E-state index in [9.17, 15) is 0 Å². The van der Waals surface area contributed by atoms with Crippen molar-refractivity contribution >= 4 is 5.90 Å². The van der Waals surface area contributed by atoms with Gasteiger partial charge in [0.15, 0.2) is 0 Å².